The molecule has 4 nitrogen and oxygen atoms in total. The smallest absolute Gasteiger partial charge is 0.235 e. The van der Waals surface area contributed by atoms with Crippen LogP contribution < -0.4 is 4.74 Å². The maximum atomic E-state index is 9.48. The average Bonchev–Trinajstić information content (AvgIpc) is 2.27. The fourth-order valence-electron chi connectivity index (χ4n) is 1.60. The number of fused-ring (bicyclic) bond motifs is 1. The van der Waals surface area contributed by atoms with Gasteiger partial charge in [0.05, 0.1) is 24.2 Å². The van der Waals surface area contributed by atoms with Crippen LogP contribution in [0, 0.1) is 6.92 Å². The Morgan fingerprint density at radius 2 is 2.00 bits per heavy atom. The zero-order chi connectivity index (χ0) is 11.7. The van der Waals surface area contributed by atoms with Gasteiger partial charge in [-0.15, -0.1) is 0 Å². The molecule has 1 aromatic heterocycles. The number of aliphatic hydroxyl groups excluding tert-OH is 1. The summed E-state index contributed by atoms with van der Waals surface area (Å²) in [5.41, 5.74) is 3.13. The molecule has 1 atom stereocenters. The minimum atomic E-state index is -0.492. The summed E-state index contributed by atoms with van der Waals surface area (Å²) < 4.78 is 5.11. The lowest BCUT2D eigenvalue weighted by atomic mass is 10.1. The SMILES string of the molecule is COc1nc2ccc(C(C)O)cc2nc1C. The molecule has 1 heterocycles. The number of rotatable bonds is 2. The van der Waals surface area contributed by atoms with E-state index >= 15 is 0 Å². The summed E-state index contributed by atoms with van der Waals surface area (Å²) in [5.74, 6) is 0.539. The topological polar surface area (TPSA) is 55.2 Å². The van der Waals surface area contributed by atoms with Gasteiger partial charge in [0, 0.05) is 0 Å². The number of aliphatic hydroxyl groups is 1. The lowest BCUT2D eigenvalue weighted by Crippen LogP contribution is -1.97. The average molecular weight is 218 g/mol. The van der Waals surface area contributed by atoms with Gasteiger partial charge in [-0.25, -0.2) is 9.97 Å². The Morgan fingerprint density at radius 3 is 2.62 bits per heavy atom. The molecule has 1 unspecified atom stereocenters. The highest BCUT2D eigenvalue weighted by atomic mass is 16.5. The van der Waals surface area contributed by atoms with Gasteiger partial charge < -0.3 is 9.84 Å². The van der Waals surface area contributed by atoms with E-state index < -0.39 is 6.10 Å². The molecular weight excluding hydrogens is 204 g/mol. The van der Waals surface area contributed by atoms with Crippen molar-refractivity contribution in [3.63, 3.8) is 0 Å². The Balaban J connectivity index is 2.62. The van der Waals surface area contributed by atoms with E-state index in [1.54, 1.807) is 14.0 Å². The Kier molecular flexibility index (Phi) is 2.75. The second-order valence-corrected chi connectivity index (χ2v) is 3.74. The van der Waals surface area contributed by atoms with Gasteiger partial charge in [-0.3, -0.25) is 0 Å². The molecule has 0 spiro atoms. The van der Waals surface area contributed by atoms with Crippen LogP contribution in [0.5, 0.6) is 5.88 Å². The molecule has 0 saturated heterocycles. The molecule has 0 aliphatic rings. The minimum Gasteiger partial charge on any atom is -0.480 e. The fourth-order valence-corrected chi connectivity index (χ4v) is 1.60. The summed E-state index contributed by atoms with van der Waals surface area (Å²) in [7, 11) is 1.58. The molecule has 2 aromatic rings. The van der Waals surface area contributed by atoms with Crippen molar-refractivity contribution < 1.29 is 9.84 Å². The predicted molar refractivity (Wildman–Crippen MR) is 61.5 cm³/mol. The quantitative estimate of drug-likeness (QED) is 0.837. The van der Waals surface area contributed by atoms with Crippen LogP contribution in [-0.4, -0.2) is 22.2 Å². The monoisotopic (exact) mass is 218 g/mol. The summed E-state index contributed by atoms with van der Waals surface area (Å²) in [6, 6.07) is 5.53. The highest BCUT2D eigenvalue weighted by Gasteiger charge is 2.07. The summed E-state index contributed by atoms with van der Waals surface area (Å²) in [6.45, 7) is 3.57. The van der Waals surface area contributed by atoms with Gasteiger partial charge >= 0.3 is 0 Å². The molecule has 4 heteroatoms. The molecule has 0 radical (unpaired) electrons. The van der Waals surface area contributed by atoms with Gasteiger partial charge in [0.15, 0.2) is 0 Å². The van der Waals surface area contributed by atoms with Crippen molar-refractivity contribution >= 4 is 11.0 Å². The number of methoxy groups -OCH3 is 1. The van der Waals surface area contributed by atoms with E-state index in [9.17, 15) is 5.11 Å². The van der Waals surface area contributed by atoms with Crippen LogP contribution in [0.25, 0.3) is 11.0 Å². The molecule has 2 rings (SSSR count). The van der Waals surface area contributed by atoms with Crippen LogP contribution in [0.1, 0.15) is 24.3 Å². The number of benzene rings is 1. The number of nitrogens with zero attached hydrogens (tertiary/aromatic N) is 2. The molecule has 1 N–H and O–H groups in total. The van der Waals surface area contributed by atoms with Crippen molar-refractivity contribution in [3.8, 4) is 5.88 Å². The van der Waals surface area contributed by atoms with E-state index in [0.29, 0.717) is 5.88 Å². The van der Waals surface area contributed by atoms with Gasteiger partial charge in [0.25, 0.3) is 0 Å². The van der Waals surface area contributed by atoms with Crippen molar-refractivity contribution in [1.82, 2.24) is 9.97 Å². The van der Waals surface area contributed by atoms with Crippen LogP contribution in [-0.2, 0) is 0 Å². The van der Waals surface area contributed by atoms with Crippen molar-refractivity contribution in [3.05, 3.63) is 29.5 Å². The Morgan fingerprint density at radius 1 is 1.25 bits per heavy atom. The van der Waals surface area contributed by atoms with Crippen molar-refractivity contribution in [2.24, 2.45) is 0 Å². The molecular formula is C12H14N2O2. The largest absolute Gasteiger partial charge is 0.480 e. The van der Waals surface area contributed by atoms with Crippen molar-refractivity contribution in [1.29, 1.82) is 0 Å². The molecule has 0 saturated carbocycles. The Labute approximate surface area is 93.9 Å². The number of hydrogen-bond acceptors (Lipinski definition) is 4. The third-order valence-electron chi connectivity index (χ3n) is 2.49. The lowest BCUT2D eigenvalue weighted by Gasteiger charge is -2.08. The molecule has 0 aliphatic carbocycles. The summed E-state index contributed by atoms with van der Waals surface area (Å²) in [4.78, 5) is 8.72. The van der Waals surface area contributed by atoms with E-state index in [0.717, 1.165) is 22.3 Å². The highest BCUT2D eigenvalue weighted by molar-refractivity contribution is 5.75. The molecule has 16 heavy (non-hydrogen) atoms. The zero-order valence-corrected chi connectivity index (χ0v) is 9.56. The molecule has 0 bridgehead atoms. The third kappa shape index (κ3) is 1.84. The van der Waals surface area contributed by atoms with Crippen molar-refractivity contribution in [2.45, 2.75) is 20.0 Å². The van der Waals surface area contributed by atoms with Gasteiger partial charge in [0.1, 0.15) is 5.69 Å². The van der Waals surface area contributed by atoms with Gasteiger partial charge in [0.2, 0.25) is 5.88 Å². The fraction of sp³-hybridized carbons (Fsp3) is 0.333. The summed E-state index contributed by atoms with van der Waals surface area (Å²) >= 11 is 0. The van der Waals surface area contributed by atoms with Crippen LogP contribution in [0.2, 0.25) is 0 Å². The van der Waals surface area contributed by atoms with E-state index in [4.69, 9.17) is 4.74 Å². The molecule has 84 valence electrons. The van der Waals surface area contributed by atoms with Crippen LogP contribution in [0.4, 0.5) is 0 Å². The zero-order valence-electron chi connectivity index (χ0n) is 9.56. The highest BCUT2D eigenvalue weighted by Crippen LogP contribution is 2.21. The Hall–Kier alpha value is -1.68. The van der Waals surface area contributed by atoms with Crippen molar-refractivity contribution in [2.75, 3.05) is 7.11 Å². The number of ether oxygens (including phenoxy) is 1. The maximum Gasteiger partial charge on any atom is 0.235 e. The maximum absolute atomic E-state index is 9.48. The first-order chi connectivity index (χ1) is 7.61. The lowest BCUT2D eigenvalue weighted by molar-refractivity contribution is 0.199. The third-order valence-corrected chi connectivity index (χ3v) is 2.49. The first-order valence-corrected chi connectivity index (χ1v) is 5.12. The first-order valence-electron chi connectivity index (χ1n) is 5.12. The van der Waals surface area contributed by atoms with Crippen LogP contribution in [0.15, 0.2) is 18.2 Å². The minimum absolute atomic E-state index is 0.492. The number of hydrogen-bond donors (Lipinski definition) is 1. The van der Waals surface area contributed by atoms with Crippen LogP contribution >= 0.6 is 0 Å². The molecule has 0 fully saturated rings. The molecule has 0 aliphatic heterocycles. The van der Waals surface area contributed by atoms with E-state index in [2.05, 4.69) is 9.97 Å². The molecule has 0 amide bonds. The second kappa shape index (κ2) is 4.06. The second-order valence-electron chi connectivity index (χ2n) is 3.74. The van der Waals surface area contributed by atoms with Gasteiger partial charge in [-0.2, -0.15) is 0 Å². The summed E-state index contributed by atoms with van der Waals surface area (Å²) in [5, 5.41) is 9.48. The standard InChI is InChI=1S/C12H14N2O2/c1-7-12(16-3)14-10-5-4-9(8(2)15)6-11(10)13-7/h4-6,8,15H,1-3H3. The molecule has 1 aromatic carbocycles. The number of aryl methyl sites for hydroxylation is 1. The van der Waals surface area contributed by atoms with E-state index in [1.807, 2.05) is 25.1 Å². The summed E-state index contributed by atoms with van der Waals surface area (Å²) in [6.07, 6.45) is -0.492. The first kappa shape index (κ1) is 10.8. The van der Waals surface area contributed by atoms with Gasteiger partial charge in [-0.05, 0) is 31.5 Å². The van der Waals surface area contributed by atoms with E-state index in [-0.39, 0.29) is 0 Å². The van der Waals surface area contributed by atoms with E-state index in [1.165, 1.54) is 0 Å². The normalized spacial score (nSPS) is 12.8. The Bertz CT molecular complexity index is 524. The number of aromatic nitrogens is 2. The van der Waals surface area contributed by atoms with Gasteiger partial charge in [-0.1, -0.05) is 6.07 Å². The predicted octanol–water partition coefficient (Wildman–Crippen LogP) is 2.00. The van der Waals surface area contributed by atoms with Crippen LogP contribution in [0.3, 0.4) is 0 Å².